The lowest BCUT2D eigenvalue weighted by molar-refractivity contribution is 0.363. The van der Waals surface area contributed by atoms with Crippen molar-refractivity contribution in [1.82, 2.24) is 8.61 Å². The van der Waals surface area contributed by atoms with E-state index in [4.69, 9.17) is 11.1 Å². The fourth-order valence-corrected chi connectivity index (χ4v) is 1.98. The molecule has 0 aliphatic rings. The second kappa shape index (κ2) is 4.72. The van der Waals surface area contributed by atoms with Crippen LogP contribution in [-0.2, 0) is 10.2 Å². The Morgan fingerprint density at radius 2 is 1.86 bits per heavy atom. The summed E-state index contributed by atoms with van der Waals surface area (Å²) in [5.74, 6) is -0.0155. The number of hydrogen-bond donors (Lipinski definition) is 2. The van der Waals surface area contributed by atoms with Gasteiger partial charge in [-0.25, -0.2) is 0 Å². The van der Waals surface area contributed by atoms with E-state index >= 15 is 0 Å². The predicted molar refractivity (Wildman–Crippen MR) is 56.4 cm³/mol. The van der Waals surface area contributed by atoms with E-state index in [1.807, 2.05) is 0 Å². The summed E-state index contributed by atoms with van der Waals surface area (Å²) in [5, 5.41) is 7.07. The molecule has 0 aromatic heterocycles. The van der Waals surface area contributed by atoms with Gasteiger partial charge in [-0.15, -0.1) is 0 Å². The summed E-state index contributed by atoms with van der Waals surface area (Å²) in [5.41, 5.74) is 5.20. The molecule has 0 saturated heterocycles. The Bertz CT molecular complexity index is 299. The molecule has 7 heteroatoms. The summed E-state index contributed by atoms with van der Waals surface area (Å²) in [4.78, 5) is 0. The summed E-state index contributed by atoms with van der Waals surface area (Å²) in [6.07, 6.45) is 0.240. The molecule has 1 unspecified atom stereocenters. The van der Waals surface area contributed by atoms with E-state index in [9.17, 15) is 8.42 Å². The van der Waals surface area contributed by atoms with Crippen molar-refractivity contribution < 1.29 is 8.42 Å². The highest BCUT2D eigenvalue weighted by Crippen LogP contribution is 2.08. The van der Waals surface area contributed by atoms with Crippen molar-refractivity contribution in [2.75, 3.05) is 21.1 Å². The van der Waals surface area contributed by atoms with Gasteiger partial charge in [-0.2, -0.15) is 17.0 Å². The number of nitrogens with one attached hydrogen (secondary N) is 1. The van der Waals surface area contributed by atoms with Crippen molar-refractivity contribution in [1.29, 1.82) is 5.41 Å². The maximum atomic E-state index is 11.6. The fourth-order valence-electron chi connectivity index (χ4n) is 0.932. The van der Waals surface area contributed by atoms with Crippen LogP contribution in [0.1, 0.15) is 13.3 Å². The van der Waals surface area contributed by atoms with Crippen LogP contribution in [0.25, 0.3) is 0 Å². The zero-order chi connectivity index (χ0) is 11.5. The molecule has 14 heavy (non-hydrogen) atoms. The van der Waals surface area contributed by atoms with Crippen molar-refractivity contribution in [2.45, 2.75) is 19.4 Å². The van der Waals surface area contributed by atoms with Crippen LogP contribution in [0.2, 0.25) is 0 Å². The average Bonchev–Trinajstić information content (AvgIpc) is 2.01. The highest BCUT2D eigenvalue weighted by atomic mass is 32.2. The minimum atomic E-state index is -3.41. The van der Waals surface area contributed by atoms with Crippen LogP contribution in [0.4, 0.5) is 0 Å². The van der Waals surface area contributed by atoms with Crippen LogP contribution in [0.5, 0.6) is 0 Å². The predicted octanol–water partition coefficient (Wildman–Crippen LogP) is -0.561. The first-order chi connectivity index (χ1) is 6.19. The first-order valence-electron chi connectivity index (χ1n) is 4.18. The third-order valence-corrected chi connectivity index (χ3v) is 3.97. The lowest BCUT2D eigenvalue weighted by Crippen LogP contribution is -2.43. The monoisotopic (exact) mass is 222 g/mol. The lowest BCUT2D eigenvalue weighted by atomic mass is 10.2. The Kier molecular flexibility index (Phi) is 4.50. The van der Waals surface area contributed by atoms with Gasteiger partial charge in [0.05, 0.1) is 5.84 Å². The van der Waals surface area contributed by atoms with Gasteiger partial charge in [0.1, 0.15) is 0 Å². The molecule has 6 nitrogen and oxygen atoms in total. The molecular formula is C7H18N4O2S. The van der Waals surface area contributed by atoms with E-state index in [1.165, 1.54) is 25.4 Å². The SMILES string of the molecule is CC(CC(=N)N)N(C)S(=O)(=O)N(C)C. The maximum absolute atomic E-state index is 11.6. The van der Waals surface area contributed by atoms with Gasteiger partial charge in [-0.1, -0.05) is 0 Å². The molecule has 0 spiro atoms. The fraction of sp³-hybridized carbons (Fsp3) is 0.857. The van der Waals surface area contributed by atoms with E-state index in [0.717, 1.165) is 4.31 Å². The number of nitrogens with zero attached hydrogens (tertiary/aromatic N) is 2. The maximum Gasteiger partial charge on any atom is 0.281 e. The van der Waals surface area contributed by atoms with Crippen LogP contribution in [-0.4, -0.2) is 50.0 Å². The van der Waals surface area contributed by atoms with Gasteiger partial charge in [0.25, 0.3) is 10.2 Å². The molecule has 0 aromatic carbocycles. The molecule has 84 valence electrons. The summed E-state index contributed by atoms with van der Waals surface area (Å²) < 4.78 is 25.5. The van der Waals surface area contributed by atoms with E-state index in [2.05, 4.69) is 0 Å². The molecule has 0 radical (unpaired) electrons. The highest BCUT2D eigenvalue weighted by Gasteiger charge is 2.25. The normalized spacial score (nSPS) is 14.7. The molecular weight excluding hydrogens is 204 g/mol. The summed E-state index contributed by atoms with van der Waals surface area (Å²) in [7, 11) is 0.997. The van der Waals surface area contributed by atoms with Crippen molar-refractivity contribution in [3.8, 4) is 0 Å². The van der Waals surface area contributed by atoms with E-state index < -0.39 is 10.2 Å². The van der Waals surface area contributed by atoms with Crippen molar-refractivity contribution in [2.24, 2.45) is 5.73 Å². The number of nitrogens with two attached hydrogens (primary N) is 1. The summed E-state index contributed by atoms with van der Waals surface area (Å²) in [6, 6.07) is -0.306. The van der Waals surface area contributed by atoms with Gasteiger partial charge >= 0.3 is 0 Å². The van der Waals surface area contributed by atoms with Crippen LogP contribution < -0.4 is 5.73 Å². The Morgan fingerprint density at radius 1 is 1.43 bits per heavy atom. The van der Waals surface area contributed by atoms with Gasteiger partial charge in [0, 0.05) is 33.6 Å². The van der Waals surface area contributed by atoms with Crippen LogP contribution >= 0.6 is 0 Å². The molecule has 0 aromatic rings. The van der Waals surface area contributed by atoms with E-state index in [-0.39, 0.29) is 18.3 Å². The van der Waals surface area contributed by atoms with Gasteiger partial charge in [0.15, 0.2) is 0 Å². The van der Waals surface area contributed by atoms with Crippen molar-refractivity contribution in [3.63, 3.8) is 0 Å². The Morgan fingerprint density at radius 3 is 2.14 bits per heavy atom. The van der Waals surface area contributed by atoms with Crippen LogP contribution in [0.15, 0.2) is 0 Å². The Balaban J connectivity index is 4.62. The smallest absolute Gasteiger partial charge is 0.281 e. The van der Waals surface area contributed by atoms with E-state index in [0.29, 0.717) is 0 Å². The second-order valence-corrected chi connectivity index (χ2v) is 5.59. The zero-order valence-corrected chi connectivity index (χ0v) is 9.80. The first-order valence-corrected chi connectivity index (χ1v) is 5.57. The Hall–Kier alpha value is -0.660. The molecule has 0 amide bonds. The highest BCUT2D eigenvalue weighted by molar-refractivity contribution is 7.86. The van der Waals surface area contributed by atoms with E-state index in [1.54, 1.807) is 6.92 Å². The minimum Gasteiger partial charge on any atom is -0.388 e. The quantitative estimate of drug-likeness (QED) is 0.482. The van der Waals surface area contributed by atoms with Crippen molar-refractivity contribution in [3.05, 3.63) is 0 Å². The van der Waals surface area contributed by atoms with Gasteiger partial charge < -0.3 is 5.73 Å². The molecule has 0 fully saturated rings. The average molecular weight is 222 g/mol. The molecule has 0 saturated carbocycles. The summed E-state index contributed by atoms with van der Waals surface area (Å²) in [6.45, 7) is 1.71. The Labute approximate surface area is 85.4 Å². The second-order valence-electron chi connectivity index (χ2n) is 3.38. The van der Waals surface area contributed by atoms with Crippen molar-refractivity contribution >= 4 is 16.0 Å². The van der Waals surface area contributed by atoms with Gasteiger partial charge in [-0.05, 0) is 6.92 Å². The minimum absolute atomic E-state index is 0.0155. The topological polar surface area (TPSA) is 90.5 Å². The third-order valence-electron chi connectivity index (χ3n) is 1.96. The molecule has 0 aliphatic heterocycles. The molecule has 0 rings (SSSR count). The molecule has 0 bridgehead atoms. The molecule has 3 N–H and O–H groups in total. The number of amidine groups is 1. The number of hydrogen-bond acceptors (Lipinski definition) is 3. The molecule has 0 aliphatic carbocycles. The molecule has 1 atom stereocenters. The van der Waals surface area contributed by atoms with Gasteiger partial charge in [0.2, 0.25) is 0 Å². The first kappa shape index (κ1) is 13.3. The standard InChI is InChI=1S/C7H18N4O2S/c1-6(5-7(8)9)11(4)14(12,13)10(2)3/h6H,5H2,1-4H3,(H3,8,9). The zero-order valence-electron chi connectivity index (χ0n) is 8.98. The van der Waals surface area contributed by atoms with Gasteiger partial charge in [-0.3, -0.25) is 5.41 Å². The summed E-state index contributed by atoms with van der Waals surface area (Å²) >= 11 is 0. The van der Waals surface area contributed by atoms with Crippen LogP contribution in [0, 0.1) is 5.41 Å². The third kappa shape index (κ3) is 3.24. The largest absolute Gasteiger partial charge is 0.388 e. The van der Waals surface area contributed by atoms with Crippen LogP contribution in [0.3, 0.4) is 0 Å². The molecule has 0 heterocycles. The lowest BCUT2D eigenvalue weighted by Gasteiger charge is -2.26. The number of rotatable bonds is 5.